The van der Waals surface area contributed by atoms with Crippen LogP contribution in [0.1, 0.15) is 12.6 Å². The fourth-order valence-electron chi connectivity index (χ4n) is 1.14. The summed E-state index contributed by atoms with van der Waals surface area (Å²) >= 11 is 3.13. The average Bonchev–Trinajstić information content (AvgIpc) is 2.69. The molecule has 1 aromatic heterocycles. The summed E-state index contributed by atoms with van der Waals surface area (Å²) in [5.74, 6) is 0.316. The fourth-order valence-corrected chi connectivity index (χ4v) is 3.04. The zero-order valence-electron chi connectivity index (χ0n) is 8.30. The summed E-state index contributed by atoms with van der Waals surface area (Å²) in [4.78, 5) is 5.29. The maximum Gasteiger partial charge on any atom is 0.155 e. The van der Waals surface area contributed by atoms with Gasteiger partial charge in [-0.05, 0) is 18.6 Å². The average molecular weight is 237 g/mol. The van der Waals surface area contributed by atoms with Gasteiger partial charge in [0.25, 0.3) is 0 Å². The largest absolute Gasteiger partial charge is 0.507 e. The van der Waals surface area contributed by atoms with Gasteiger partial charge in [0, 0.05) is 5.38 Å². The van der Waals surface area contributed by atoms with Crippen LogP contribution >= 0.6 is 23.1 Å². The van der Waals surface area contributed by atoms with E-state index in [0.717, 1.165) is 21.3 Å². The van der Waals surface area contributed by atoms with Gasteiger partial charge in [0.05, 0.1) is 10.6 Å². The number of aromatic nitrogens is 1. The van der Waals surface area contributed by atoms with Crippen molar-refractivity contribution in [3.8, 4) is 5.75 Å². The van der Waals surface area contributed by atoms with E-state index in [0.29, 0.717) is 5.75 Å². The van der Waals surface area contributed by atoms with Crippen molar-refractivity contribution in [2.75, 3.05) is 0 Å². The summed E-state index contributed by atoms with van der Waals surface area (Å²) in [7, 11) is 0. The minimum atomic E-state index is 0.316. The van der Waals surface area contributed by atoms with E-state index in [2.05, 4.69) is 17.3 Å². The number of hydrogen-bond donors (Lipinski definition) is 1. The van der Waals surface area contributed by atoms with Crippen molar-refractivity contribution >= 4 is 23.1 Å². The molecule has 1 N–H and O–H groups in total. The van der Waals surface area contributed by atoms with E-state index in [9.17, 15) is 5.11 Å². The molecule has 0 atom stereocenters. The molecule has 0 unspecified atom stereocenters. The Hall–Kier alpha value is -1.00. The monoisotopic (exact) mass is 237 g/mol. The third-order valence-corrected chi connectivity index (χ3v) is 4.01. The van der Waals surface area contributed by atoms with E-state index in [4.69, 9.17) is 0 Å². The Morgan fingerprint density at radius 3 is 2.87 bits per heavy atom. The molecule has 0 radical (unpaired) electrons. The van der Waals surface area contributed by atoms with E-state index in [-0.39, 0.29) is 0 Å². The summed E-state index contributed by atoms with van der Waals surface area (Å²) in [5.41, 5.74) is 1.11. The van der Waals surface area contributed by atoms with Crippen molar-refractivity contribution in [3.05, 3.63) is 35.3 Å². The smallest absolute Gasteiger partial charge is 0.155 e. The highest BCUT2D eigenvalue weighted by molar-refractivity contribution is 8.01. The molecule has 0 aliphatic carbocycles. The topological polar surface area (TPSA) is 33.1 Å². The van der Waals surface area contributed by atoms with Gasteiger partial charge in [-0.15, -0.1) is 11.3 Å². The van der Waals surface area contributed by atoms with Gasteiger partial charge in [-0.25, -0.2) is 4.98 Å². The maximum absolute atomic E-state index is 9.59. The van der Waals surface area contributed by atoms with Crippen LogP contribution in [-0.2, 0) is 6.42 Å². The predicted octanol–water partition coefficient (Wildman–Crippen LogP) is 3.56. The van der Waals surface area contributed by atoms with Crippen molar-refractivity contribution in [2.24, 2.45) is 0 Å². The van der Waals surface area contributed by atoms with Gasteiger partial charge in [0.1, 0.15) is 5.75 Å². The molecule has 1 heterocycles. The number of phenolic OH excluding ortho intramolecular Hbond substituents is 1. The quantitative estimate of drug-likeness (QED) is 0.886. The first-order valence-corrected chi connectivity index (χ1v) is 6.39. The number of aryl methyl sites for hydroxylation is 1. The highest BCUT2D eigenvalue weighted by atomic mass is 32.2. The van der Waals surface area contributed by atoms with Gasteiger partial charge in [0.2, 0.25) is 0 Å². The molecule has 78 valence electrons. The minimum absolute atomic E-state index is 0.316. The summed E-state index contributed by atoms with van der Waals surface area (Å²) in [6, 6.07) is 7.32. The van der Waals surface area contributed by atoms with Gasteiger partial charge >= 0.3 is 0 Å². The third kappa shape index (κ3) is 2.52. The minimum Gasteiger partial charge on any atom is -0.507 e. The molecule has 2 nitrogen and oxygen atoms in total. The molecule has 0 amide bonds. The number of phenols is 1. The molecule has 2 rings (SSSR count). The van der Waals surface area contributed by atoms with Crippen molar-refractivity contribution in [1.29, 1.82) is 0 Å². The lowest BCUT2D eigenvalue weighted by Crippen LogP contribution is -1.78. The van der Waals surface area contributed by atoms with Crippen LogP contribution in [0.5, 0.6) is 5.75 Å². The highest BCUT2D eigenvalue weighted by Crippen LogP contribution is 2.35. The Morgan fingerprint density at radius 2 is 2.20 bits per heavy atom. The van der Waals surface area contributed by atoms with E-state index >= 15 is 0 Å². The van der Waals surface area contributed by atoms with Gasteiger partial charge < -0.3 is 5.11 Å². The molecular weight excluding hydrogens is 226 g/mol. The Kier molecular flexibility index (Phi) is 3.28. The summed E-state index contributed by atoms with van der Waals surface area (Å²) in [6.07, 6.45) is 0.956. The summed E-state index contributed by atoms with van der Waals surface area (Å²) in [6.45, 7) is 2.09. The summed E-state index contributed by atoms with van der Waals surface area (Å²) in [5, 5.41) is 11.6. The number of aromatic hydroxyl groups is 1. The number of rotatable bonds is 3. The van der Waals surface area contributed by atoms with Gasteiger partial charge in [-0.3, -0.25) is 0 Å². The van der Waals surface area contributed by atoms with Crippen LogP contribution in [0.3, 0.4) is 0 Å². The molecule has 0 bridgehead atoms. The van der Waals surface area contributed by atoms with Crippen LogP contribution in [0.15, 0.2) is 38.9 Å². The first kappa shape index (κ1) is 10.5. The number of nitrogens with zero attached hydrogens (tertiary/aromatic N) is 1. The first-order valence-electron chi connectivity index (χ1n) is 4.70. The highest BCUT2D eigenvalue weighted by Gasteiger charge is 2.05. The van der Waals surface area contributed by atoms with E-state index in [1.54, 1.807) is 17.4 Å². The Labute approximate surface area is 97.0 Å². The summed E-state index contributed by atoms with van der Waals surface area (Å²) < 4.78 is 0.980. The second-order valence-corrected chi connectivity index (χ2v) is 5.18. The zero-order chi connectivity index (χ0) is 10.7. The second-order valence-electron chi connectivity index (χ2n) is 3.03. The van der Waals surface area contributed by atoms with Crippen LogP contribution in [0.25, 0.3) is 0 Å². The predicted molar refractivity (Wildman–Crippen MR) is 63.7 cm³/mol. The Balaban J connectivity index is 2.18. The molecule has 15 heavy (non-hydrogen) atoms. The van der Waals surface area contributed by atoms with Crippen LogP contribution in [-0.4, -0.2) is 10.1 Å². The fraction of sp³-hybridized carbons (Fsp3) is 0.182. The molecule has 0 saturated carbocycles. The van der Waals surface area contributed by atoms with Crippen molar-refractivity contribution in [3.63, 3.8) is 0 Å². The van der Waals surface area contributed by atoms with E-state index < -0.39 is 0 Å². The van der Waals surface area contributed by atoms with E-state index in [1.165, 1.54) is 11.8 Å². The molecule has 4 heteroatoms. The Bertz CT molecular complexity index is 453. The van der Waals surface area contributed by atoms with E-state index in [1.807, 2.05) is 18.2 Å². The molecule has 0 fully saturated rings. The molecule has 0 aliphatic rings. The van der Waals surface area contributed by atoms with Crippen LogP contribution < -0.4 is 0 Å². The molecule has 0 spiro atoms. The lowest BCUT2D eigenvalue weighted by atomic mass is 10.3. The van der Waals surface area contributed by atoms with Gasteiger partial charge in [0.15, 0.2) is 4.34 Å². The normalized spacial score (nSPS) is 10.5. The molecular formula is C11H11NOS2. The third-order valence-electron chi connectivity index (χ3n) is 1.96. The van der Waals surface area contributed by atoms with Crippen molar-refractivity contribution < 1.29 is 5.11 Å². The number of thiazole rings is 1. The first-order chi connectivity index (χ1) is 7.29. The number of hydrogen-bond acceptors (Lipinski definition) is 4. The second kappa shape index (κ2) is 4.68. The molecule has 1 aromatic carbocycles. The Morgan fingerprint density at radius 1 is 1.40 bits per heavy atom. The number of benzene rings is 1. The molecule has 0 aliphatic heterocycles. The standard InChI is InChI=1S/C11H11NOS2/c1-2-8-7-14-11(12-8)15-10-6-4-3-5-9(10)13/h3-7,13H,2H2,1H3. The SMILES string of the molecule is CCc1csc(Sc2ccccc2O)n1. The van der Waals surface area contributed by atoms with Gasteiger partial charge in [-0.2, -0.15) is 0 Å². The van der Waals surface area contributed by atoms with Crippen LogP contribution in [0.2, 0.25) is 0 Å². The van der Waals surface area contributed by atoms with Crippen LogP contribution in [0.4, 0.5) is 0 Å². The zero-order valence-corrected chi connectivity index (χ0v) is 9.94. The van der Waals surface area contributed by atoms with Crippen molar-refractivity contribution in [1.82, 2.24) is 4.98 Å². The molecule has 0 saturated heterocycles. The van der Waals surface area contributed by atoms with Gasteiger partial charge in [-0.1, -0.05) is 30.8 Å². The van der Waals surface area contributed by atoms with Crippen LogP contribution in [0, 0.1) is 0 Å². The number of para-hydroxylation sites is 1. The van der Waals surface area contributed by atoms with Crippen molar-refractivity contribution in [2.45, 2.75) is 22.6 Å². The molecule has 2 aromatic rings. The lowest BCUT2D eigenvalue weighted by Gasteiger charge is -1.99. The lowest BCUT2D eigenvalue weighted by molar-refractivity contribution is 0.462. The maximum atomic E-state index is 9.59.